The highest BCUT2D eigenvalue weighted by Gasteiger charge is 2.22. The highest BCUT2D eigenvalue weighted by Crippen LogP contribution is 2.23. The fourth-order valence-corrected chi connectivity index (χ4v) is 2.84. The number of aromatic nitrogens is 4. The molecule has 0 aromatic carbocycles. The average Bonchev–Trinajstić information content (AvgIpc) is 2.86. The number of sulfonamides is 1. The van der Waals surface area contributed by atoms with E-state index in [-0.39, 0.29) is 15.9 Å². The Morgan fingerprint density at radius 3 is 2.95 bits per heavy atom. The summed E-state index contributed by atoms with van der Waals surface area (Å²) in [5, 5.41) is 6.47. The summed E-state index contributed by atoms with van der Waals surface area (Å²) in [5.74, 6) is 0. The van der Waals surface area contributed by atoms with E-state index in [9.17, 15) is 8.42 Å². The van der Waals surface area contributed by atoms with Crippen LogP contribution in [0.4, 0.5) is 0 Å². The molecule has 2 heterocycles. The van der Waals surface area contributed by atoms with Crippen molar-refractivity contribution in [2.24, 2.45) is 0 Å². The van der Waals surface area contributed by atoms with Gasteiger partial charge >= 0.3 is 0 Å². The quantitative estimate of drug-likeness (QED) is 0.808. The molecule has 0 amide bonds. The highest BCUT2D eigenvalue weighted by molar-refractivity contribution is 7.89. The Bertz CT molecular complexity index is 670. The Kier molecular flexibility index (Phi) is 4.13. The van der Waals surface area contributed by atoms with Crippen LogP contribution in [0.1, 0.15) is 13.3 Å². The highest BCUT2D eigenvalue weighted by atomic mass is 35.5. The second-order valence-electron chi connectivity index (χ2n) is 3.71. The number of hydrogen-bond acceptors (Lipinski definition) is 5. The Hall–Kier alpha value is -1.51. The Morgan fingerprint density at radius 1 is 1.47 bits per heavy atom. The molecule has 2 rings (SSSR count). The van der Waals surface area contributed by atoms with Gasteiger partial charge in [-0.25, -0.2) is 23.1 Å². The first-order valence-corrected chi connectivity index (χ1v) is 7.43. The number of hydrogen-bond donors (Lipinski definition) is 2. The second kappa shape index (κ2) is 5.64. The van der Waals surface area contributed by atoms with Crippen LogP contribution in [0, 0.1) is 0 Å². The van der Waals surface area contributed by atoms with Crippen molar-refractivity contribution in [3.05, 3.63) is 23.7 Å². The molecule has 19 heavy (non-hydrogen) atoms. The molecule has 7 nitrogen and oxygen atoms in total. The summed E-state index contributed by atoms with van der Waals surface area (Å²) in [7, 11) is -3.62. The number of halogens is 1. The van der Waals surface area contributed by atoms with Crippen molar-refractivity contribution in [1.29, 1.82) is 0 Å². The molecular formula is C10H12ClN5O2S. The first-order valence-electron chi connectivity index (χ1n) is 5.57. The van der Waals surface area contributed by atoms with E-state index in [0.717, 1.165) is 0 Å². The van der Waals surface area contributed by atoms with E-state index in [2.05, 4.69) is 24.9 Å². The summed E-state index contributed by atoms with van der Waals surface area (Å²) in [4.78, 5) is 7.73. The smallest absolute Gasteiger partial charge is 0.244 e. The molecule has 102 valence electrons. The maximum Gasteiger partial charge on any atom is 0.244 e. The van der Waals surface area contributed by atoms with Crippen LogP contribution < -0.4 is 4.72 Å². The molecular weight excluding hydrogens is 290 g/mol. The minimum Gasteiger partial charge on any atom is -0.284 e. The zero-order valence-electron chi connectivity index (χ0n) is 10.1. The molecule has 0 atom stereocenters. The summed E-state index contributed by atoms with van der Waals surface area (Å²) in [6, 6.07) is 1.54. The van der Waals surface area contributed by atoms with Gasteiger partial charge in [0.05, 0.1) is 5.69 Å². The molecule has 0 fully saturated rings. The van der Waals surface area contributed by atoms with E-state index in [4.69, 9.17) is 11.6 Å². The minimum atomic E-state index is -3.62. The van der Waals surface area contributed by atoms with Crippen LogP contribution in [-0.2, 0) is 10.0 Å². The predicted octanol–water partition coefficient (Wildman–Crippen LogP) is 1.21. The molecule has 2 aromatic rings. The minimum absolute atomic E-state index is 0.0327. The standard InChI is InChI=1S/C10H12ClN5O2S/c1-2-4-14-19(17,18)8-6-13-16-9(8)7-3-5-12-10(11)15-7/h3,5-6,14H,2,4H2,1H3,(H,13,16). The van der Waals surface area contributed by atoms with Gasteiger partial charge in [-0.15, -0.1) is 0 Å². The van der Waals surface area contributed by atoms with Crippen LogP contribution >= 0.6 is 11.6 Å². The number of nitrogens with zero attached hydrogens (tertiary/aromatic N) is 3. The zero-order chi connectivity index (χ0) is 13.9. The number of nitrogens with one attached hydrogen (secondary N) is 2. The lowest BCUT2D eigenvalue weighted by molar-refractivity contribution is 0.581. The van der Waals surface area contributed by atoms with Gasteiger partial charge in [-0.05, 0) is 24.1 Å². The van der Waals surface area contributed by atoms with Gasteiger partial charge in [0.2, 0.25) is 15.3 Å². The van der Waals surface area contributed by atoms with Gasteiger partial charge in [0, 0.05) is 18.9 Å². The SMILES string of the molecule is CCCNS(=O)(=O)c1c[nH]nc1-c1ccnc(Cl)n1. The third-order valence-electron chi connectivity index (χ3n) is 2.31. The number of rotatable bonds is 5. The molecule has 0 radical (unpaired) electrons. The van der Waals surface area contributed by atoms with Crippen molar-refractivity contribution in [1.82, 2.24) is 24.9 Å². The summed E-state index contributed by atoms with van der Waals surface area (Å²) < 4.78 is 26.6. The van der Waals surface area contributed by atoms with Crippen LogP contribution in [0.3, 0.4) is 0 Å². The molecule has 0 aliphatic rings. The summed E-state index contributed by atoms with van der Waals surface area (Å²) in [6.07, 6.45) is 3.45. The molecule has 0 aliphatic carbocycles. The van der Waals surface area contributed by atoms with Gasteiger partial charge < -0.3 is 0 Å². The van der Waals surface area contributed by atoms with Crippen LogP contribution in [0.2, 0.25) is 5.28 Å². The average molecular weight is 302 g/mol. The molecule has 2 N–H and O–H groups in total. The Labute approximate surface area is 115 Å². The van der Waals surface area contributed by atoms with Gasteiger partial charge in [0.15, 0.2) is 0 Å². The van der Waals surface area contributed by atoms with Gasteiger partial charge in [-0.2, -0.15) is 5.10 Å². The molecule has 9 heteroatoms. The van der Waals surface area contributed by atoms with E-state index < -0.39 is 10.0 Å². The number of H-pyrrole nitrogens is 1. The Balaban J connectivity index is 2.43. The third-order valence-corrected chi connectivity index (χ3v) is 3.96. The second-order valence-corrected chi connectivity index (χ2v) is 5.78. The van der Waals surface area contributed by atoms with Crippen LogP contribution in [-0.4, -0.2) is 35.1 Å². The fraction of sp³-hybridized carbons (Fsp3) is 0.300. The predicted molar refractivity (Wildman–Crippen MR) is 70.1 cm³/mol. The first kappa shape index (κ1) is 13.9. The maximum absolute atomic E-state index is 12.1. The summed E-state index contributed by atoms with van der Waals surface area (Å²) >= 11 is 5.69. The molecule has 0 spiro atoms. The van der Waals surface area contributed by atoms with E-state index in [0.29, 0.717) is 18.7 Å². The first-order chi connectivity index (χ1) is 9.04. The van der Waals surface area contributed by atoms with Crippen LogP contribution in [0.5, 0.6) is 0 Å². The fourth-order valence-electron chi connectivity index (χ4n) is 1.45. The molecule has 0 saturated carbocycles. The topological polar surface area (TPSA) is 101 Å². The van der Waals surface area contributed by atoms with E-state index in [1.165, 1.54) is 12.4 Å². The van der Waals surface area contributed by atoms with Gasteiger partial charge in [0.1, 0.15) is 10.6 Å². The Morgan fingerprint density at radius 2 is 2.26 bits per heavy atom. The molecule has 0 unspecified atom stereocenters. The molecule has 2 aromatic heterocycles. The van der Waals surface area contributed by atoms with E-state index in [1.54, 1.807) is 6.07 Å². The monoisotopic (exact) mass is 301 g/mol. The van der Waals surface area contributed by atoms with Crippen LogP contribution in [0.25, 0.3) is 11.4 Å². The normalized spacial score (nSPS) is 11.7. The van der Waals surface area contributed by atoms with E-state index in [1.807, 2.05) is 6.92 Å². The van der Waals surface area contributed by atoms with Gasteiger partial charge in [-0.3, -0.25) is 5.10 Å². The number of aromatic amines is 1. The van der Waals surface area contributed by atoms with Crippen molar-refractivity contribution in [3.63, 3.8) is 0 Å². The zero-order valence-corrected chi connectivity index (χ0v) is 11.7. The third kappa shape index (κ3) is 3.09. The van der Waals surface area contributed by atoms with Crippen molar-refractivity contribution in [2.45, 2.75) is 18.2 Å². The van der Waals surface area contributed by atoms with Gasteiger partial charge in [0.25, 0.3) is 0 Å². The van der Waals surface area contributed by atoms with Crippen molar-refractivity contribution in [3.8, 4) is 11.4 Å². The lowest BCUT2D eigenvalue weighted by Crippen LogP contribution is -2.24. The largest absolute Gasteiger partial charge is 0.284 e. The van der Waals surface area contributed by atoms with Crippen molar-refractivity contribution in [2.75, 3.05) is 6.54 Å². The summed E-state index contributed by atoms with van der Waals surface area (Å²) in [6.45, 7) is 2.24. The van der Waals surface area contributed by atoms with E-state index >= 15 is 0 Å². The molecule has 0 bridgehead atoms. The molecule has 0 aliphatic heterocycles. The van der Waals surface area contributed by atoms with Crippen molar-refractivity contribution >= 4 is 21.6 Å². The molecule has 0 saturated heterocycles. The lowest BCUT2D eigenvalue weighted by atomic mass is 10.3. The van der Waals surface area contributed by atoms with Crippen molar-refractivity contribution < 1.29 is 8.42 Å². The summed E-state index contributed by atoms with van der Waals surface area (Å²) in [5.41, 5.74) is 0.561. The maximum atomic E-state index is 12.1. The van der Waals surface area contributed by atoms with Gasteiger partial charge in [-0.1, -0.05) is 6.92 Å². The van der Waals surface area contributed by atoms with Crippen LogP contribution in [0.15, 0.2) is 23.4 Å². The lowest BCUT2D eigenvalue weighted by Gasteiger charge is -2.05.